The molecule has 5 rings (SSSR count). The molecule has 0 spiro atoms. The molecule has 1 fully saturated rings. The molecule has 8 nitrogen and oxygen atoms in total. The van der Waals surface area contributed by atoms with Crippen LogP contribution in [0.25, 0.3) is 10.9 Å². The number of benzene rings is 2. The molecule has 0 radical (unpaired) electrons. The Morgan fingerprint density at radius 2 is 1.89 bits per heavy atom. The summed E-state index contributed by atoms with van der Waals surface area (Å²) in [4.78, 5) is 46.7. The van der Waals surface area contributed by atoms with Crippen LogP contribution in [0, 0.1) is 0 Å². The predicted octanol–water partition coefficient (Wildman–Crippen LogP) is 3.95. The first-order valence-corrected chi connectivity index (χ1v) is 12.1. The molecule has 3 aromatic rings. The summed E-state index contributed by atoms with van der Waals surface area (Å²) in [7, 11) is 0. The molecule has 1 atom stereocenters. The van der Waals surface area contributed by atoms with Gasteiger partial charge < -0.3 is 19.9 Å². The van der Waals surface area contributed by atoms with Crippen molar-refractivity contribution in [3.8, 4) is 0 Å². The van der Waals surface area contributed by atoms with Crippen molar-refractivity contribution in [1.82, 2.24) is 15.2 Å². The standard InChI is InChI=1S/C27H30N4O4/c1-17(2)35-16-8-14-28-24(32)20-10-5-7-12-22(20)31-25(33)27(3)23-19(13-15-30(27)26(31)34)18-9-4-6-11-21(18)29-23/h4-7,9-12,17,29H,8,13-16H2,1-3H3,(H,28,32)/t27-/m0/s1. The van der Waals surface area contributed by atoms with E-state index in [0.717, 1.165) is 27.1 Å². The second kappa shape index (κ2) is 8.85. The number of nitrogens with one attached hydrogen (secondary N) is 2. The molecule has 3 heterocycles. The van der Waals surface area contributed by atoms with Gasteiger partial charge in [-0.2, -0.15) is 0 Å². The molecule has 2 aromatic carbocycles. The molecule has 182 valence electrons. The first kappa shape index (κ1) is 23.1. The number of carbonyl (C=O) groups is 3. The fourth-order valence-electron chi connectivity index (χ4n) is 5.15. The number of carbonyl (C=O) groups excluding carboxylic acids is 3. The number of fused-ring (bicyclic) bond motifs is 5. The van der Waals surface area contributed by atoms with Crippen molar-refractivity contribution in [2.24, 2.45) is 0 Å². The van der Waals surface area contributed by atoms with Gasteiger partial charge in [0.15, 0.2) is 5.54 Å². The summed E-state index contributed by atoms with van der Waals surface area (Å²) < 4.78 is 5.52. The smallest absolute Gasteiger partial charge is 0.332 e. The second-order valence-electron chi connectivity index (χ2n) is 9.47. The summed E-state index contributed by atoms with van der Waals surface area (Å²) in [6.45, 7) is 7.12. The highest BCUT2D eigenvalue weighted by atomic mass is 16.5. The van der Waals surface area contributed by atoms with Crippen molar-refractivity contribution in [3.63, 3.8) is 0 Å². The van der Waals surface area contributed by atoms with Crippen molar-refractivity contribution in [1.29, 1.82) is 0 Å². The van der Waals surface area contributed by atoms with Crippen LogP contribution in [-0.4, -0.2) is 53.5 Å². The molecule has 4 amide bonds. The Bertz CT molecular complexity index is 1310. The number of para-hydroxylation sites is 2. The summed E-state index contributed by atoms with van der Waals surface area (Å²) in [6.07, 6.45) is 1.46. The van der Waals surface area contributed by atoms with Gasteiger partial charge in [0.05, 0.1) is 23.0 Å². The minimum atomic E-state index is -1.17. The average molecular weight is 475 g/mol. The molecular formula is C27H30N4O4. The number of nitrogens with zero attached hydrogens (tertiary/aromatic N) is 2. The quantitative estimate of drug-likeness (QED) is 0.400. The fourth-order valence-corrected chi connectivity index (χ4v) is 5.15. The maximum absolute atomic E-state index is 13.9. The molecular weight excluding hydrogens is 444 g/mol. The number of H-pyrrole nitrogens is 1. The van der Waals surface area contributed by atoms with Gasteiger partial charge in [-0.3, -0.25) is 9.59 Å². The number of hydrogen-bond donors (Lipinski definition) is 2. The van der Waals surface area contributed by atoms with Crippen LogP contribution in [0.2, 0.25) is 0 Å². The number of amides is 4. The third-order valence-corrected chi connectivity index (χ3v) is 6.91. The van der Waals surface area contributed by atoms with E-state index < -0.39 is 11.6 Å². The molecule has 35 heavy (non-hydrogen) atoms. The molecule has 1 aromatic heterocycles. The first-order chi connectivity index (χ1) is 16.8. The minimum Gasteiger partial charge on any atom is -0.379 e. The zero-order valence-corrected chi connectivity index (χ0v) is 20.3. The lowest BCUT2D eigenvalue weighted by Gasteiger charge is -2.35. The Kier molecular flexibility index (Phi) is 5.84. The third-order valence-electron chi connectivity index (χ3n) is 6.91. The van der Waals surface area contributed by atoms with E-state index >= 15 is 0 Å². The topological polar surface area (TPSA) is 94.7 Å². The predicted molar refractivity (Wildman–Crippen MR) is 133 cm³/mol. The summed E-state index contributed by atoms with van der Waals surface area (Å²) >= 11 is 0. The highest BCUT2D eigenvalue weighted by Gasteiger charge is 2.59. The van der Waals surface area contributed by atoms with Crippen LogP contribution < -0.4 is 10.2 Å². The Hall–Kier alpha value is -3.65. The first-order valence-electron chi connectivity index (χ1n) is 12.1. The van der Waals surface area contributed by atoms with Gasteiger partial charge >= 0.3 is 6.03 Å². The Labute approximate surface area is 204 Å². The van der Waals surface area contributed by atoms with E-state index in [4.69, 9.17) is 4.74 Å². The van der Waals surface area contributed by atoms with Crippen LogP contribution >= 0.6 is 0 Å². The summed E-state index contributed by atoms with van der Waals surface area (Å²) in [5.41, 5.74) is 2.18. The molecule has 2 N–H and O–H groups in total. The minimum absolute atomic E-state index is 0.135. The van der Waals surface area contributed by atoms with Crippen molar-refractivity contribution in [2.75, 3.05) is 24.6 Å². The molecule has 0 bridgehead atoms. The van der Waals surface area contributed by atoms with E-state index in [2.05, 4.69) is 10.3 Å². The molecule has 2 aliphatic heterocycles. The van der Waals surface area contributed by atoms with Gasteiger partial charge in [-0.1, -0.05) is 30.3 Å². The SMILES string of the molecule is CC(C)OCCCNC(=O)c1ccccc1N1C(=O)N2CCc3c([nH]c4ccccc34)[C@@]2(C)C1=O. The van der Waals surface area contributed by atoms with E-state index in [0.29, 0.717) is 43.8 Å². The Morgan fingerprint density at radius 1 is 1.14 bits per heavy atom. The van der Waals surface area contributed by atoms with Gasteiger partial charge in [0.2, 0.25) is 0 Å². The van der Waals surface area contributed by atoms with Gasteiger partial charge in [-0.15, -0.1) is 0 Å². The molecule has 0 saturated carbocycles. The van der Waals surface area contributed by atoms with Gasteiger partial charge in [0.25, 0.3) is 11.8 Å². The highest BCUT2D eigenvalue weighted by Crippen LogP contribution is 2.45. The van der Waals surface area contributed by atoms with E-state index in [1.54, 1.807) is 36.1 Å². The number of hydrogen-bond acceptors (Lipinski definition) is 4. The molecule has 0 unspecified atom stereocenters. The van der Waals surface area contributed by atoms with Crippen molar-refractivity contribution >= 4 is 34.4 Å². The van der Waals surface area contributed by atoms with E-state index in [9.17, 15) is 14.4 Å². The van der Waals surface area contributed by atoms with E-state index in [1.165, 1.54) is 0 Å². The number of ether oxygens (including phenoxy) is 1. The van der Waals surface area contributed by atoms with Crippen molar-refractivity contribution < 1.29 is 19.1 Å². The highest BCUT2D eigenvalue weighted by molar-refractivity contribution is 6.25. The zero-order chi connectivity index (χ0) is 24.7. The molecule has 8 heteroatoms. The normalized spacial score (nSPS) is 19.4. The van der Waals surface area contributed by atoms with Crippen LogP contribution in [0.1, 0.15) is 48.8 Å². The van der Waals surface area contributed by atoms with Gasteiger partial charge in [-0.25, -0.2) is 9.69 Å². The van der Waals surface area contributed by atoms with Crippen LogP contribution in [0.15, 0.2) is 48.5 Å². The van der Waals surface area contributed by atoms with Gasteiger partial charge in [0, 0.05) is 30.6 Å². The maximum Gasteiger partial charge on any atom is 0.332 e. The third kappa shape index (κ3) is 3.69. The van der Waals surface area contributed by atoms with Crippen LogP contribution in [0.4, 0.5) is 10.5 Å². The number of rotatable bonds is 7. The van der Waals surface area contributed by atoms with Crippen LogP contribution in [-0.2, 0) is 21.5 Å². The van der Waals surface area contributed by atoms with Gasteiger partial charge in [0.1, 0.15) is 0 Å². The average Bonchev–Trinajstić information content (AvgIpc) is 3.32. The lowest BCUT2D eigenvalue weighted by molar-refractivity contribution is -0.125. The van der Waals surface area contributed by atoms with E-state index in [1.807, 2.05) is 38.1 Å². The van der Waals surface area contributed by atoms with E-state index in [-0.39, 0.29) is 17.9 Å². The Balaban J connectivity index is 1.45. The van der Waals surface area contributed by atoms with Crippen LogP contribution in [0.3, 0.4) is 0 Å². The summed E-state index contributed by atoms with van der Waals surface area (Å²) in [5.74, 6) is -0.687. The monoisotopic (exact) mass is 474 g/mol. The largest absolute Gasteiger partial charge is 0.379 e. The lowest BCUT2D eigenvalue weighted by Crippen LogP contribution is -2.49. The number of imide groups is 1. The fraction of sp³-hybridized carbons (Fsp3) is 0.370. The maximum atomic E-state index is 13.9. The number of aromatic amines is 1. The summed E-state index contributed by atoms with van der Waals surface area (Å²) in [5, 5.41) is 3.96. The van der Waals surface area contributed by atoms with Crippen LogP contribution in [0.5, 0.6) is 0 Å². The number of urea groups is 1. The van der Waals surface area contributed by atoms with Crippen molar-refractivity contribution in [3.05, 3.63) is 65.4 Å². The molecule has 0 aliphatic carbocycles. The summed E-state index contributed by atoms with van der Waals surface area (Å²) in [6, 6.07) is 14.3. The second-order valence-corrected chi connectivity index (χ2v) is 9.47. The number of aromatic nitrogens is 1. The van der Waals surface area contributed by atoms with Crippen molar-refractivity contribution in [2.45, 2.75) is 45.3 Å². The Morgan fingerprint density at radius 3 is 2.69 bits per heavy atom. The molecule has 1 saturated heterocycles. The lowest BCUT2D eigenvalue weighted by atomic mass is 9.87. The number of anilines is 1. The molecule has 2 aliphatic rings. The van der Waals surface area contributed by atoms with Gasteiger partial charge in [-0.05, 0) is 57.4 Å². The zero-order valence-electron chi connectivity index (χ0n) is 20.3.